The van der Waals surface area contributed by atoms with Crippen LogP contribution in [0.25, 0.3) is 0 Å². The highest BCUT2D eigenvalue weighted by atomic mass is 15.1. The summed E-state index contributed by atoms with van der Waals surface area (Å²) in [6.07, 6.45) is 5.28. The second kappa shape index (κ2) is 6.42. The first-order chi connectivity index (χ1) is 9.17. The molecule has 0 aromatic heterocycles. The van der Waals surface area contributed by atoms with Gasteiger partial charge in [-0.05, 0) is 56.3 Å². The maximum Gasteiger partial charge on any atom is 0.0393 e. The summed E-state index contributed by atoms with van der Waals surface area (Å²) < 4.78 is 0. The Balaban J connectivity index is 2.10. The van der Waals surface area contributed by atoms with Gasteiger partial charge in [-0.1, -0.05) is 31.5 Å². The average Bonchev–Trinajstić information content (AvgIpc) is 2.40. The summed E-state index contributed by atoms with van der Waals surface area (Å²) in [4.78, 5) is 2.47. The third-order valence-corrected chi connectivity index (χ3v) is 4.54. The van der Waals surface area contributed by atoms with Crippen LogP contribution in [0.2, 0.25) is 0 Å². The van der Waals surface area contributed by atoms with Gasteiger partial charge >= 0.3 is 0 Å². The molecule has 0 atom stereocenters. The lowest BCUT2D eigenvalue weighted by Gasteiger charge is -2.41. The Hall–Kier alpha value is -1.02. The number of hydrogen-bond donors (Lipinski definition) is 1. The summed E-state index contributed by atoms with van der Waals surface area (Å²) in [7, 11) is 2.25. The summed E-state index contributed by atoms with van der Waals surface area (Å²) in [6.45, 7) is 8.08. The molecule has 1 aromatic carbocycles. The van der Waals surface area contributed by atoms with Gasteiger partial charge in [0.05, 0.1) is 0 Å². The van der Waals surface area contributed by atoms with Crippen LogP contribution in [0, 0.1) is 12.3 Å². The minimum Gasteiger partial charge on any atom is -0.374 e. The third kappa shape index (κ3) is 3.50. The third-order valence-electron chi connectivity index (χ3n) is 4.54. The van der Waals surface area contributed by atoms with Crippen molar-refractivity contribution in [2.45, 2.75) is 39.5 Å². The Morgan fingerprint density at radius 2 is 1.89 bits per heavy atom. The molecule has 19 heavy (non-hydrogen) atoms. The molecule has 1 aliphatic heterocycles. The van der Waals surface area contributed by atoms with Gasteiger partial charge in [-0.15, -0.1) is 0 Å². The van der Waals surface area contributed by atoms with Gasteiger partial charge in [-0.25, -0.2) is 0 Å². The van der Waals surface area contributed by atoms with Gasteiger partial charge in [0.25, 0.3) is 0 Å². The van der Waals surface area contributed by atoms with Gasteiger partial charge in [0.2, 0.25) is 0 Å². The molecule has 1 heterocycles. The zero-order valence-electron chi connectivity index (χ0n) is 12.7. The monoisotopic (exact) mass is 260 g/mol. The van der Waals surface area contributed by atoms with Crippen LogP contribution in [0.4, 0.5) is 5.69 Å². The Kier molecular flexibility index (Phi) is 4.87. The molecule has 1 aromatic rings. The summed E-state index contributed by atoms with van der Waals surface area (Å²) in [6, 6.07) is 8.73. The van der Waals surface area contributed by atoms with E-state index < -0.39 is 0 Å². The number of aryl methyl sites for hydroxylation is 1. The summed E-state index contributed by atoms with van der Waals surface area (Å²) >= 11 is 0. The lowest BCUT2D eigenvalue weighted by molar-refractivity contribution is 0.190. The van der Waals surface area contributed by atoms with Crippen molar-refractivity contribution in [3.63, 3.8) is 0 Å². The first kappa shape index (κ1) is 14.4. The van der Waals surface area contributed by atoms with Gasteiger partial charge in [0, 0.05) is 19.3 Å². The standard InChI is InChI=1S/C17H28N2/c1-4-9-17(10-12-18-13-11-17)14-19(3)16-8-6-5-7-15(16)2/h5-8,18H,4,9-14H2,1-3H3. The molecule has 2 heteroatoms. The van der Waals surface area contributed by atoms with E-state index in [1.165, 1.54) is 56.6 Å². The van der Waals surface area contributed by atoms with Gasteiger partial charge in [-0.3, -0.25) is 0 Å². The minimum absolute atomic E-state index is 0.511. The molecule has 0 saturated carbocycles. The van der Waals surface area contributed by atoms with Gasteiger partial charge in [0.15, 0.2) is 0 Å². The van der Waals surface area contributed by atoms with Crippen molar-refractivity contribution in [1.29, 1.82) is 0 Å². The molecular formula is C17H28N2. The number of para-hydroxylation sites is 1. The van der Waals surface area contributed by atoms with Gasteiger partial charge in [-0.2, -0.15) is 0 Å². The molecule has 0 radical (unpaired) electrons. The van der Waals surface area contributed by atoms with Crippen LogP contribution in [0.15, 0.2) is 24.3 Å². The van der Waals surface area contributed by atoms with Crippen LogP contribution in [0.5, 0.6) is 0 Å². The number of rotatable bonds is 5. The lowest BCUT2D eigenvalue weighted by Crippen LogP contribution is -2.44. The predicted octanol–water partition coefficient (Wildman–Crippen LogP) is 3.60. The average molecular weight is 260 g/mol. The number of hydrogen-bond acceptors (Lipinski definition) is 2. The van der Waals surface area contributed by atoms with Crippen molar-refractivity contribution in [3.05, 3.63) is 29.8 Å². The number of nitrogens with zero attached hydrogens (tertiary/aromatic N) is 1. The van der Waals surface area contributed by atoms with Crippen LogP contribution < -0.4 is 10.2 Å². The molecule has 2 nitrogen and oxygen atoms in total. The molecular weight excluding hydrogens is 232 g/mol. The van der Waals surface area contributed by atoms with E-state index in [0.717, 1.165) is 0 Å². The van der Waals surface area contributed by atoms with Gasteiger partial charge < -0.3 is 10.2 Å². The number of anilines is 1. The molecule has 0 bridgehead atoms. The van der Waals surface area contributed by atoms with E-state index in [4.69, 9.17) is 0 Å². The highest BCUT2D eigenvalue weighted by Crippen LogP contribution is 2.36. The van der Waals surface area contributed by atoms with Crippen LogP contribution in [-0.4, -0.2) is 26.7 Å². The molecule has 1 saturated heterocycles. The van der Waals surface area contributed by atoms with E-state index in [1.54, 1.807) is 0 Å². The molecule has 1 aliphatic rings. The molecule has 0 aliphatic carbocycles. The Morgan fingerprint density at radius 3 is 2.53 bits per heavy atom. The lowest BCUT2D eigenvalue weighted by atomic mass is 9.75. The predicted molar refractivity (Wildman–Crippen MR) is 83.9 cm³/mol. The molecule has 2 rings (SSSR count). The van der Waals surface area contributed by atoms with Crippen LogP contribution in [0.3, 0.4) is 0 Å². The Morgan fingerprint density at radius 1 is 1.21 bits per heavy atom. The second-order valence-corrected chi connectivity index (χ2v) is 6.14. The molecule has 0 amide bonds. The molecule has 1 N–H and O–H groups in total. The van der Waals surface area contributed by atoms with Crippen molar-refractivity contribution >= 4 is 5.69 Å². The molecule has 0 unspecified atom stereocenters. The summed E-state index contributed by atoms with van der Waals surface area (Å²) in [5.41, 5.74) is 3.28. The minimum atomic E-state index is 0.511. The molecule has 0 spiro atoms. The molecule has 106 valence electrons. The van der Waals surface area contributed by atoms with Gasteiger partial charge in [0.1, 0.15) is 0 Å². The normalized spacial score (nSPS) is 18.3. The van der Waals surface area contributed by atoms with E-state index in [-0.39, 0.29) is 0 Å². The smallest absolute Gasteiger partial charge is 0.0393 e. The van der Waals surface area contributed by atoms with Crippen LogP contribution in [-0.2, 0) is 0 Å². The first-order valence-corrected chi connectivity index (χ1v) is 7.64. The van der Waals surface area contributed by atoms with E-state index in [2.05, 4.69) is 55.4 Å². The fourth-order valence-corrected chi connectivity index (χ4v) is 3.55. The maximum absolute atomic E-state index is 3.50. The fraction of sp³-hybridized carbons (Fsp3) is 0.647. The first-order valence-electron chi connectivity index (χ1n) is 7.64. The van der Waals surface area contributed by atoms with Crippen LogP contribution in [0.1, 0.15) is 38.2 Å². The molecule has 1 fully saturated rings. The summed E-state index contributed by atoms with van der Waals surface area (Å²) in [5.74, 6) is 0. The Bertz CT molecular complexity index is 388. The zero-order valence-corrected chi connectivity index (χ0v) is 12.7. The summed E-state index contributed by atoms with van der Waals surface area (Å²) in [5, 5.41) is 3.50. The zero-order chi connectivity index (χ0) is 13.7. The van der Waals surface area contributed by atoms with Crippen molar-refractivity contribution in [3.8, 4) is 0 Å². The van der Waals surface area contributed by atoms with E-state index in [0.29, 0.717) is 5.41 Å². The van der Waals surface area contributed by atoms with E-state index in [9.17, 15) is 0 Å². The SMILES string of the molecule is CCCC1(CN(C)c2ccccc2C)CCNCC1. The number of piperidine rings is 1. The van der Waals surface area contributed by atoms with Crippen molar-refractivity contribution in [2.24, 2.45) is 5.41 Å². The fourth-order valence-electron chi connectivity index (χ4n) is 3.55. The maximum atomic E-state index is 3.50. The highest BCUT2D eigenvalue weighted by Gasteiger charge is 2.32. The van der Waals surface area contributed by atoms with E-state index in [1.807, 2.05) is 0 Å². The second-order valence-electron chi connectivity index (χ2n) is 6.14. The van der Waals surface area contributed by atoms with Crippen molar-refractivity contribution < 1.29 is 0 Å². The Labute approximate surface area is 118 Å². The number of benzene rings is 1. The van der Waals surface area contributed by atoms with Crippen molar-refractivity contribution in [1.82, 2.24) is 5.32 Å². The van der Waals surface area contributed by atoms with E-state index >= 15 is 0 Å². The largest absolute Gasteiger partial charge is 0.374 e. The van der Waals surface area contributed by atoms with Crippen molar-refractivity contribution in [2.75, 3.05) is 31.6 Å². The number of nitrogens with one attached hydrogen (secondary N) is 1. The topological polar surface area (TPSA) is 15.3 Å². The highest BCUT2D eigenvalue weighted by molar-refractivity contribution is 5.52. The van der Waals surface area contributed by atoms with Crippen LogP contribution >= 0.6 is 0 Å². The quantitative estimate of drug-likeness (QED) is 0.870.